The van der Waals surface area contributed by atoms with Gasteiger partial charge in [-0.3, -0.25) is 9.59 Å². The van der Waals surface area contributed by atoms with Gasteiger partial charge in [0.1, 0.15) is 11.5 Å². The molecule has 5 rings (SSSR count). The largest absolute Gasteiger partial charge is 0.495 e. The molecule has 3 aromatic rings. The molecule has 0 bridgehead atoms. The fourth-order valence-corrected chi connectivity index (χ4v) is 5.23. The van der Waals surface area contributed by atoms with Gasteiger partial charge in [-0.2, -0.15) is 0 Å². The third-order valence-electron chi connectivity index (χ3n) is 7.13. The van der Waals surface area contributed by atoms with Crippen LogP contribution >= 0.6 is 11.6 Å². The molecule has 2 aliphatic rings. The van der Waals surface area contributed by atoms with Crippen molar-refractivity contribution in [3.05, 3.63) is 77.3 Å². The van der Waals surface area contributed by atoms with E-state index in [0.717, 1.165) is 69.2 Å². The van der Waals surface area contributed by atoms with Gasteiger partial charge in [0.2, 0.25) is 0 Å². The second-order valence-electron chi connectivity index (χ2n) is 9.67. The number of hydrogen-bond donors (Lipinski definition) is 1. The Morgan fingerprint density at radius 2 is 1.51 bits per heavy atom. The van der Waals surface area contributed by atoms with E-state index in [-0.39, 0.29) is 18.4 Å². The van der Waals surface area contributed by atoms with Crippen LogP contribution in [0.25, 0.3) is 0 Å². The summed E-state index contributed by atoms with van der Waals surface area (Å²) in [5, 5.41) is 3.48. The van der Waals surface area contributed by atoms with Crippen molar-refractivity contribution in [1.82, 2.24) is 4.90 Å². The van der Waals surface area contributed by atoms with E-state index in [1.165, 1.54) is 0 Å². The zero-order valence-corrected chi connectivity index (χ0v) is 22.8. The van der Waals surface area contributed by atoms with Crippen molar-refractivity contribution in [1.29, 1.82) is 0 Å². The summed E-state index contributed by atoms with van der Waals surface area (Å²) in [4.78, 5) is 32.7. The third kappa shape index (κ3) is 6.40. The van der Waals surface area contributed by atoms with Crippen molar-refractivity contribution in [2.45, 2.75) is 12.8 Å². The zero-order valence-electron chi connectivity index (χ0n) is 22.1. The van der Waals surface area contributed by atoms with Crippen molar-refractivity contribution in [2.24, 2.45) is 0 Å². The molecule has 39 heavy (non-hydrogen) atoms. The van der Waals surface area contributed by atoms with Gasteiger partial charge >= 0.3 is 0 Å². The minimum absolute atomic E-state index is 0.00294. The average Bonchev–Trinajstić information content (AvgIpc) is 3.52. The lowest BCUT2D eigenvalue weighted by molar-refractivity contribution is -0.118. The van der Waals surface area contributed by atoms with E-state index in [0.29, 0.717) is 22.0 Å². The molecule has 0 unspecified atom stereocenters. The Hall–Kier alpha value is -3.91. The van der Waals surface area contributed by atoms with Crippen LogP contribution in [-0.2, 0) is 4.79 Å². The summed E-state index contributed by atoms with van der Waals surface area (Å²) in [6, 6.07) is 20.5. The average molecular weight is 549 g/mol. The first-order chi connectivity index (χ1) is 19.0. The molecule has 2 amide bonds. The van der Waals surface area contributed by atoms with E-state index < -0.39 is 0 Å². The molecule has 2 heterocycles. The second kappa shape index (κ2) is 12.3. The molecule has 0 radical (unpaired) electrons. The number of likely N-dealkylation sites (tertiary alicyclic amines) is 1. The molecule has 0 spiro atoms. The molecule has 1 N–H and O–H groups in total. The molecule has 0 saturated carbocycles. The maximum absolute atomic E-state index is 13.6. The molecule has 2 fully saturated rings. The third-order valence-corrected chi connectivity index (χ3v) is 7.39. The van der Waals surface area contributed by atoms with Crippen LogP contribution in [0.4, 0.5) is 17.1 Å². The smallest absolute Gasteiger partial charge is 0.262 e. The molecule has 2 saturated heterocycles. The SMILES string of the molecule is COc1ccccc1N1CCN(c2ccc(NC(=O)COc3ccc(Cl)cc3)cc2C(=O)N2CCCC2)CC1. The van der Waals surface area contributed by atoms with Crippen LogP contribution in [0.15, 0.2) is 66.7 Å². The molecular weight excluding hydrogens is 516 g/mol. The topological polar surface area (TPSA) is 74.4 Å². The van der Waals surface area contributed by atoms with Crippen molar-refractivity contribution < 1.29 is 19.1 Å². The van der Waals surface area contributed by atoms with E-state index >= 15 is 0 Å². The zero-order chi connectivity index (χ0) is 27.2. The number of rotatable bonds is 8. The number of benzene rings is 3. The first-order valence-corrected chi connectivity index (χ1v) is 13.6. The van der Waals surface area contributed by atoms with Gasteiger partial charge in [-0.05, 0) is 67.4 Å². The lowest BCUT2D eigenvalue weighted by Crippen LogP contribution is -2.47. The number of hydrogen-bond acceptors (Lipinski definition) is 6. The summed E-state index contributed by atoms with van der Waals surface area (Å²) in [5.41, 5.74) is 3.15. The van der Waals surface area contributed by atoms with E-state index in [4.69, 9.17) is 21.1 Å². The van der Waals surface area contributed by atoms with E-state index in [1.54, 1.807) is 37.4 Å². The summed E-state index contributed by atoms with van der Waals surface area (Å²) >= 11 is 5.91. The highest BCUT2D eigenvalue weighted by Gasteiger charge is 2.27. The van der Waals surface area contributed by atoms with Gasteiger partial charge in [0.15, 0.2) is 6.61 Å². The summed E-state index contributed by atoms with van der Waals surface area (Å²) in [6.07, 6.45) is 2.02. The number of piperazine rings is 1. The lowest BCUT2D eigenvalue weighted by Gasteiger charge is -2.38. The Balaban J connectivity index is 1.30. The standard InChI is InChI=1S/C30H33ClN4O4/c1-38-28-7-3-2-6-27(28)34-18-16-33(17-19-34)26-13-10-23(20-25(26)30(37)35-14-4-5-15-35)32-29(36)21-39-24-11-8-22(31)9-12-24/h2-3,6-13,20H,4-5,14-19,21H2,1H3,(H,32,36). The number of ether oxygens (including phenoxy) is 2. The Morgan fingerprint density at radius 3 is 2.21 bits per heavy atom. The molecule has 0 atom stereocenters. The van der Waals surface area contributed by atoms with Crippen LogP contribution in [0, 0.1) is 0 Å². The Bertz CT molecular complexity index is 1300. The fourth-order valence-electron chi connectivity index (χ4n) is 5.11. The number of amides is 2. The minimum Gasteiger partial charge on any atom is -0.495 e. The number of halogens is 1. The van der Waals surface area contributed by atoms with Gasteiger partial charge in [0.05, 0.1) is 18.4 Å². The number of nitrogens with one attached hydrogen (secondary N) is 1. The molecule has 9 heteroatoms. The quantitative estimate of drug-likeness (QED) is 0.430. The Kier molecular flexibility index (Phi) is 8.42. The van der Waals surface area contributed by atoms with Crippen molar-refractivity contribution in [3.8, 4) is 11.5 Å². The summed E-state index contributed by atoms with van der Waals surface area (Å²) in [5.74, 6) is 1.11. The van der Waals surface area contributed by atoms with Crippen LogP contribution < -0.4 is 24.6 Å². The predicted octanol–water partition coefficient (Wildman–Crippen LogP) is 4.93. The first kappa shape index (κ1) is 26.7. The lowest BCUT2D eigenvalue weighted by atomic mass is 10.1. The fraction of sp³-hybridized carbons (Fsp3) is 0.333. The number of carbonyl (C=O) groups excluding carboxylic acids is 2. The number of methoxy groups -OCH3 is 1. The van der Waals surface area contributed by atoms with Crippen LogP contribution in [0.2, 0.25) is 5.02 Å². The molecule has 204 valence electrons. The monoisotopic (exact) mass is 548 g/mol. The molecule has 0 aromatic heterocycles. The molecule has 2 aliphatic heterocycles. The highest BCUT2D eigenvalue weighted by molar-refractivity contribution is 6.30. The van der Waals surface area contributed by atoms with Crippen LogP contribution in [0.1, 0.15) is 23.2 Å². The summed E-state index contributed by atoms with van der Waals surface area (Å²) in [6.45, 7) is 4.49. The normalized spacial score (nSPS) is 15.3. The van der Waals surface area contributed by atoms with Gasteiger partial charge in [-0.15, -0.1) is 0 Å². The summed E-state index contributed by atoms with van der Waals surface area (Å²) in [7, 11) is 1.69. The highest BCUT2D eigenvalue weighted by atomic mass is 35.5. The van der Waals surface area contributed by atoms with Crippen molar-refractivity contribution in [3.63, 3.8) is 0 Å². The van der Waals surface area contributed by atoms with E-state index in [2.05, 4.69) is 21.2 Å². The van der Waals surface area contributed by atoms with E-state index in [1.807, 2.05) is 35.2 Å². The number of carbonyl (C=O) groups is 2. The number of anilines is 3. The number of para-hydroxylation sites is 2. The van der Waals surface area contributed by atoms with Crippen LogP contribution in [0.5, 0.6) is 11.5 Å². The van der Waals surface area contributed by atoms with Crippen molar-refractivity contribution in [2.75, 3.05) is 68.1 Å². The first-order valence-electron chi connectivity index (χ1n) is 13.3. The molecule has 0 aliphatic carbocycles. The van der Waals surface area contributed by atoms with Gasteiger partial charge in [-0.25, -0.2) is 0 Å². The molecule has 8 nitrogen and oxygen atoms in total. The Labute approximate surface area is 234 Å². The Morgan fingerprint density at radius 1 is 0.846 bits per heavy atom. The second-order valence-corrected chi connectivity index (χ2v) is 10.1. The van der Waals surface area contributed by atoms with Gasteiger partial charge < -0.3 is 29.5 Å². The highest BCUT2D eigenvalue weighted by Crippen LogP contribution is 2.32. The van der Waals surface area contributed by atoms with Crippen LogP contribution in [0.3, 0.4) is 0 Å². The van der Waals surface area contributed by atoms with Gasteiger partial charge in [0, 0.05) is 55.7 Å². The number of nitrogens with zero attached hydrogens (tertiary/aromatic N) is 3. The molecular formula is C30H33ClN4O4. The summed E-state index contributed by atoms with van der Waals surface area (Å²) < 4.78 is 11.1. The maximum Gasteiger partial charge on any atom is 0.262 e. The van der Waals surface area contributed by atoms with Crippen molar-refractivity contribution >= 4 is 40.5 Å². The van der Waals surface area contributed by atoms with Gasteiger partial charge in [-0.1, -0.05) is 23.7 Å². The molecule has 3 aromatic carbocycles. The predicted molar refractivity (Wildman–Crippen MR) is 155 cm³/mol. The minimum atomic E-state index is -0.303. The van der Waals surface area contributed by atoms with E-state index in [9.17, 15) is 9.59 Å². The van der Waals surface area contributed by atoms with Crippen LogP contribution in [-0.4, -0.2) is 69.7 Å². The van der Waals surface area contributed by atoms with Gasteiger partial charge in [0.25, 0.3) is 11.8 Å². The maximum atomic E-state index is 13.6.